The topological polar surface area (TPSA) is 52.7 Å². The van der Waals surface area contributed by atoms with Gasteiger partial charge in [-0.3, -0.25) is 9.59 Å². The van der Waals surface area contributed by atoms with E-state index in [0.717, 1.165) is 64.8 Å². The molecule has 5 heteroatoms. The van der Waals surface area contributed by atoms with Crippen LogP contribution in [0, 0.1) is 5.92 Å². The third-order valence-corrected chi connectivity index (χ3v) is 4.87. The van der Waals surface area contributed by atoms with E-state index >= 15 is 0 Å². The van der Waals surface area contributed by atoms with Gasteiger partial charge in [0.1, 0.15) is 6.04 Å². The highest BCUT2D eigenvalue weighted by molar-refractivity contribution is 5.89. The summed E-state index contributed by atoms with van der Waals surface area (Å²) in [7, 11) is 0. The first kappa shape index (κ1) is 14.6. The summed E-state index contributed by atoms with van der Waals surface area (Å²) in [6.45, 7) is 4.01. The maximum absolute atomic E-state index is 12.7. The number of allylic oxidation sites excluding steroid dienone is 2. The van der Waals surface area contributed by atoms with Gasteiger partial charge in [-0.2, -0.15) is 0 Å². The lowest BCUT2D eigenvalue weighted by Gasteiger charge is -2.34. The SMILES string of the molecule is O=C(C1CCCN1C(=O)C1CC=CCC1)N1CCNCC1. The maximum atomic E-state index is 12.7. The van der Waals surface area contributed by atoms with Gasteiger partial charge in [0.15, 0.2) is 0 Å². The Labute approximate surface area is 126 Å². The summed E-state index contributed by atoms with van der Waals surface area (Å²) in [4.78, 5) is 29.2. The molecule has 3 aliphatic rings. The number of rotatable bonds is 2. The molecule has 0 spiro atoms. The number of carbonyl (C=O) groups excluding carboxylic acids is 2. The van der Waals surface area contributed by atoms with Crippen LogP contribution in [0.15, 0.2) is 12.2 Å². The largest absolute Gasteiger partial charge is 0.338 e. The quantitative estimate of drug-likeness (QED) is 0.765. The van der Waals surface area contributed by atoms with Crippen molar-refractivity contribution in [2.45, 2.75) is 38.1 Å². The fourth-order valence-corrected chi connectivity index (χ4v) is 3.64. The maximum Gasteiger partial charge on any atom is 0.245 e. The molecule has 0 aromatic carbocycles. The van der Waals surface area contributed by atoms with E-state index in [0.29, 0.717) is 0 Å². The van der Waals surface area contributed by atoms with Gasteiger partial charge in [-0.15, -0.1) is 0 Å². The van der Waals surface area contributed by atoms with Gasteiger partial charge in [0.2, 0.25) is 11.8 Å². The molecule has 116 valence electrons. The van der Waals surface area contributed by atoms with Crippen LogP contribution in [-0.2, 0) is 9.59 Å². The monoisotopic (exact) mass is 291 g/mol. The zero-order chi connectivity index (χ0) is 14.7. The van der Waals surface area contributed by atoms with Gasteiger partial charge >= 0.3 is 0 Å². The van der Waals surface area contributed by atoms with Gasteiger partial charge in [-0.1, -0.05) is 12.2 Å². The zero-order valence-electron chi connectivity index (χ0n) is 12.6. The first-order valence-electron chi connectivity index (χ1n) is 8.22. The third-order valence-electron chi connectivity index (χ3n) is 4.87. The average molecular weight is 291 g/mol. The van der Waals surface area contributed by atoms with Gasteiger partial charge in [-0.25, -0.2) is 0 Å². The highest BCUT2D eigenvalue weighted by atomic mass is 16.2. The molecule has 5 nitrogen and oxygen atoms in total. The van der Waals surface area contributed by atoms with Crippen LogP contribution in [-0.4, -0.2) is 60.4 Å². The Morgan fingerprint density at radius 1 is 1.00 bits per heavy atom. The highest BCUT2D eigenvalue weighted by Crippen LogP contribution is 2.26. The van der Waals surface area contributed by atoms with Gasteiger partial charge in [0.05, 0.1) is 0 Å². The molecule has 2 saturated heterocycles. The van der Waals surface area contributed by atoms with Crippen LogP contribution >= 0.6 is 0 Å². The second-order valence-corrected chi connectivity index (χ2v) is 6.25. The van der Waals surface area contributed by atoms with Crippen LogP contribution in [0.5, 0.6) is 0 Å². The Kier molecular flexibility index (Phi) is 4.58. The molecular weight excluding hydrogens is 266 g/mol. The molecule has 2 unspecified atom stereocenters. The van der Waals surface area contributed by atoms with Gasteiger partial charge < -0.3 is 15.1 Å². The second-order valence-electron chi connectivity index (χ2n) is 6.25. The number of nitrogens with zero attached hydrogens (tertiary/aromatic N) is 2. The summed E-state index contributed by atoms with van der Waals surface area (Å²) >= 11 is 0. The Bertz CT molecular complexity index is 429. The van der Waals surface area contributed by atoms with Crippen LogP contribution < -0.4 is 5.32 Å². The van der Waals surface area contributed by atoms with Crippen LogP contribution in [0.1, 0.15) is 32.1 Å². The van der Waals surface area contributed by atoms with E-state index in [9.17, 15) is 9.59 Å². The van der Waals surface area contributed by atoms with Crippen molar-refractivity contribution in [3.63, 3.8) is 0 Å². The first-order chi connectivity index (χ1) is 10.3. The molecule has 0 aromatic rings. The van der Waals surface area contributed by atoms with Gasteiger partial charge in [-0.05, 0) is 32.1 Å². The standard InChI is InChI=1S/C16H25N3O2/c20-15(13-5-2-1-3-6-13)19-10-4-7-14(19)16(21)18-11-8-17-9-12-18/h1-2,13-14,17H,3-12H2. The average Bonchev–Trinajstić information content (AvgIpc) is 3.04. The number of hydrogen-bond donors (Lipinski definition) is 1. The molecule has 2 heterocycles. The fraction of sp³-hybridized carbons (Fsp3) is 0.750. The molecule has 0 saturated carbocycles. The van der Waals surface area contributed by atoms with Crippen molar-refractivity contribution in [1.82, 2.24) is 15.1 Å². The van der Waals surface area contributed by atoms with Crippen LogP contribution in [0.4, 0.5) is 0 Å². The molecule has 2 amide bonds. The lowest BCUT2D eigenvalue weighted by atomic mass is 9.93. The minimum Gasteiger partial charge on any atom is -0.338 e. The molecule has 3 rings (SSSR count). The van der Waals surface area contributed by atoms with E-state index in [-0.39, 0.29) is 23.8 Å². The summed E-state index contributed by atoms with van der Waals surface area (Å²) < 4.78 is 0. The summed E-state index contributed by atoms with van der Waals surface area (Å²) in [5.74, 6) is 0.449. The molecule has 0 radical (unpaired) electrons. The molecule has 2 atom stereocenters. The molecule has 1 N–H and O–H groups in total. The van der Waals surface area contributed by atoms with Crippen molar-refractivity contribution in [1.29, 1.82) is 0 Å². The Balaban J connectivity index is 1.65. The number of hydrogen-bond acceptors (Lipinski definition) is 3. The minimum absolute atomic E-state index is 0.0893. The fourth-order valence-electron chi connectivity index (χ4n) is 3.64. The lowest BCUT2D eigenvalue weighted by Crippen LogP contribution is -2.54. The van der Waals surface area contributed by atoms with Gasteiger partial charge in [0, 0.05) is 38.6 Å². The Morgan fingerprint density at radius 3 is 2.52 bits per heavy atom. The van der Waals surface area contributed by atoms with E-state index in [2.05, 4.69) is 17.5 Å². The molecule has 0 bridgehead atoms. The van der Waals surface area contributed by atoms with Crippen LogP contribution in [0.3, 0.4) is 0 Å². The van der Waals surface area contributed by atoms with E-state index < -0.39 is 0 Å². The summed E-state index contributed by atoms with van der Waals surface area (Å²) in [6.07, 6.45) is 8.80. The van der Waals surface area contributed by atoms with E-state index in [1.165, 1.54) is 0 Å². The number of nitrogens with one attached hydrogen (secondary N) is 1. The molecule has 2 aliphatic heterocycles. The van der Waals surface area contributed by atoms with E-state index in [4.69, 9.17) is 0 Å². The highest BCUT2D eigenvalue weighted by Gasteiger charge is 2.38. The predicted molar refractivity (Wildman–Crippen MR) is 80.7 cm³/mol. The number of likely N-dealkylation sites (tertiary alicyclic amines) is 1. The smallest absolute Gasteiger partial charge is 0.245 e. The molecule has 21 heavy (non-hydrogen) atoms. The summed E-state index contributed by atoms with van der Waals surface area (Å²) in [5, 5.41) is 3.26. The normalized spacial score (nSPS) is 29.7. The van der Waals surface area contributed by atoms with Gasteiger partial charge in [0.25, 0.3) is 0 Å². The van der Waals surface area contributed by atoms with Crippen molar-refractivity contribution in [2.24, 2.45) is 5.92 Å². The molecule has 1 aliphatic carbocycles. The lowest BCUT2D eigenvalue weighted by molar-refractivity contribution is -0.146. The Morgan fingerprint density at radius 2 is 1.81 bits per heavy atom. The van der Waals surface area contributed by atoms with Crippen molar-refractivity contribution in [2.75, 3.05) is 32.7 Å². The van der Waals surface area contributed by atoms with Crippen molar-refractivity contribution >= 4 is 11.8 Å². The second kappa shape index (κ2) is 6.60. The number of piperazine rings is 1. The van der Waals surface area contributed by atoms with E-state index in [1.54, 1.807) is 0 Å². The van der Waals surface area contributed by atoms with Crippen molar-refractivity contribution in [3.8, 4) is 0 Å². The molecular formula is C16H25N3O2. The minimum atomic E-state index is -0.207. The van der Waals surface area contributed by atoms with E-state index in [1.807, 2.05) is 9.80 Å². The number of carbonyl (C=O) groups is 2. The molecule has 2 fully saturated rings. The first-order valence-corrected chi connectivity index (χ1v) is 8.22. The van der Waals surface area contributed by atoms with Crippen LogP contribution in [0.2, 0.25) is 0 Å². The van der Waals surface area contributed by atoms with Crippen LogP contribution in [0.25, 0.3) is 0 Å². The van der Waals surface area contributed by atoms with Crippen molar-refractivity contribution < 1.29 is 9.59 Å². The predicted octanol–water partition coefficient (Wildman–Crippen LogP) is 0.766. The number of amides is 2. The summed E-state index contributed by atoms with van der Waals surface area (Å²) in [5.41, 5.74) is 0. The third kappa shape index (κ3) is 3.12. The van der Waals surface area contributed by atoms with Crippen molar-refractivity contribution in [3.05, 3.63) is 12.2 Å². The Hall–Kier alpha value is -1.36. The molecule has 0 aromatic heterocycles. The summed E-state index contributed by atoms with van der Waals surface area (Å²) in [6, 6.07) is -0.207. The zero-order valence-corrected chi connectivity index (χ0v) is 12.6.